The Kier molecular flexibility index (Phi) is 4.00. The molecule has 1 saturated heterocycles. The van der Waals surface area contributed by atoms with Crippen molar-refractivity contribution in [3.8, 4) is 0 Å². The van der Waals surface area contributed by atoms with Crippen LogP contribution in [-0.2, 0) is 11.3 Å². The summed E-state index contributed by atoms with van der Waals surface area (Å²) in [4.78, 5) is 0. The van der Waals surface area contributed by atoms with E-state index in [2.05, 4.69) is 39.8 Å². The molecule has 0 bridgehead atoms. The van der Waals surface area contributed by atoms with Gasteiger partial charge in [0.05, 0.1) is 12.7 Å². The van der Waals surface area contributed by atoms with Crippen molar-refractivity contribution >= 4 is 0 Å². The van der Waals surface area contributed by atoms with Crippen molar-refractivity contribution in [2.45, 2.75) is 52.4 Å². The molecule has 0 aliphatic carbocycles. The van der Waals surface area contributed by atoms with Gasteiger partial charge >= 0.3 is 0 Å². The summed E-state index contributed by atoms with van der Waals surface area (Å²) in [5.41, 5.74) is 0.809. The zero-order chi connectivity index (χ0) is 14.1. The average molecular weight is 263 g/mol. The van der Waals surface area contributed by atoms with E-state index in [0.717, 1.165) is 6.42 Å². The number of piperidine rings is 1. The molecule has 1 aliphatic heterocycles. The second-order valence-electron chi connectivity index (χ2n) is 6.48. The van der Waals surface area contributed by atoms with E-state index >= 15 is 0 Å². The third-order valence-electron chi connectivity index (χ3n) is 4.92. The highest BCUT2D eigenvalue weighted by atomic mass is 16.5. The Morgan fingerprint density at radius 2 is 1.84 bits per heavy atom. The molecule has 2 rings (SSSR count). The van der Waals surface area contributed by atoms with E-state index in [4.69, 9.17) is 4.74 Å². The summed E-state index contributed by atoms with van der Waals surface area (Å²) in [5.74, 6) is 0. The van der Waals surface area contributed by atoms with Crippen LogP contribution in [0.5, 0.6) is 0 Å². The van der Waals surface area contributed by atoms with Crippen molar-refractivity contribution in [2.24, 2.45) is 5.41 Å². The third kappa shape index (κ3) is 2.69. The van der Waals surface area contributed by atoms with Crippen molar-refractivity contribution in [1.29, 1.82) is 0 Å². The molecule has 3 heteroatoms. The molecular weight excluding hydrogens is 238 g/mol. The van der Waals surface area contributed by atoms with Crippen LogP contribution in [0.25, 0.3) is 0 Å². The minimum absolute atomic E-state index is 0.102. The highest BCUT2D eigenvalue weighted by molar-refractivity contribution is 5.13. The van der Waals surface area contributed by atoms with Crippen molar-refractivity contribution in [3.05, 3.63) is 35.9 Å². The van der Waals surface area contributed by atoms with Crippen molar-refractivity contribution < 1.29 is 9.94 Å². The molecule has 0 amide bonds. The highest BCUT2D eigenvalue weighted by Crippen LogP contribution is 2.44. The lowest BCUT2D eigenvalue weighted by atomic mass is 9.67. The predicted molar refractivity (Wildman–Crippen MR) is 76.0 cm³/mol. The SMILES string of the molecule is CC1(C)C(OCc2ccccc2)CCN(O)C1(C)C. The summed E-state index contributed by atoms with van der Waals surface area (Å²) in [6.07, 6.45) is 1.02. The summed E-state index contributed by atoms with van der Waals surface area (Å²) < 4.78 is 6.13. The van der Waals surface area contributed by atoms with Crippen LogP contribution in [0.4, 0.5) is 0 Å². The number of hydrogen-bond donors (Lipinski definition) is 1. The summed E-state index contributed by atoms with van der Waals surface area (Å²) in [7, 11) is 0. The largest absolute Gasteiger partial charge is 0.373 e. The van der Waals surface area contributed by atoms with E-state index in [1.54, 1.807) is 0 Å². The fraction of sp³-hybridized carbons (Fsp3) is 0.625. The first-order valence-electron chi connectivity index (χ1n) is 6.98. The van der Waals surface area contributed by atoms with Gasteiger partial charge in [0.15, 0.2) is 0 Å². The first-order valence-corrected chi connectivity index (χ1v) is 6.98. The van der Waals surface area contributed by atoms with Crippen molar-refractivity contribution in [1.82, 2.24) is 5.06 Å². The summed E-state index contributed by atoms with van der Waals surface area (Å²) in [5, 5.41) is 11.5. The highest BCUT2D eigenvalue weighted by Gasteiger charge is 2.50. The molecule has 0 radical (unpaired) electrons. The minimum atomic E-state index is -0.285. The number of benzene rings is 1. The van der Waals surface area contributed by atoms with Gasteiger partial charge in [0.2, 0.25) is 0 Å². The predicted octanol–water partition coefficient (Wildman–Crippen LogP) is 3.47. The molecule has 1 aliphatic rings. The molecule has 1 aromatic carbocycles. The first-order chi connectivity index (χ1) is 8.85. The molecule has 1 N–H and O–H groups in total. The first kappa shape index (κ1) is 14.5. The van der Waals surface area contributed by atoms with E-state index in [1.807, 2.05) is 18.2 Å². The van der Waals surface area contributed by atoms with Crippen LogP contribution in [0.1, 0.15) is 39.7 Å². The molecule has 1 fully saturated rings. The Hall–Kier alpha value is -0.900. The van der Waals surface area contributed by atoms with E-state index < -0.39 is 0 Å². The Balaban J connectivity index is 2.05. The van der Waals surface area contributed by atoms with Gasteiger partial charge < -0.3 is 9.94 Å². The second kappa shape index (κ2) is 5.23. The maximum Gasteiger partial charge on any atom is 0.0720 e. The van der Waals surface area contributed by atoms with Crippen LogP contribution in [0, 0.1) is 5.41 Å². The molecule has 0 saturated carbocycles. The molecule has 19 heavy (non-hydrogen) atoms. The number of ether oxygens (including phenoxy) is 1. The zero-order valence-electron chi connectivity index (χ0n) is 12.4. The van der Waals surface area contributed by atoms with Gasteiger partial charge in [-0.3, -0.25) is 0 Å². The lowest BCUT2D eigenvalue weighted by Crippen LogP contribution is -2.62. The van der Waals surface area contributed by atoms with Crippen LogP contribution >= 0.6 is 0 Å². The Morgan fingerprint density at radius 1 is 1.21 bits per heavy atom. The van der Waals surface area contributed by atoms with Gasteiger partial charge in [-0.2, -0.15) is 5.06 Å². The van der Waals surface area contributed by atoms with Crippen LogP contribution in [0.15, 0.2) is 30.3 Å². The molecule has 0 spiro atoms. The van der Waals surface area contributed by atoms with Gasteiger partial charge in [0.1, 0.15) is 0 Å². The Morgan fingerprint density at radius 3 is 2.47 bits per heavy atom. The van der Waals surface area contributed by atoms with Crippen LogP contribution in [0.3, 0.4) is 0 Å². The van der Waals surface area contributed by atoms with Crippen LogP contribution < -0.4 is 0 Å². The lowest BCUT2D eigenvalue weighted by Gasteiger charge is -2.54. The van der Waals surface area contributed by atoms with Crippen molar-refractivity contribution in [2.75, 3.05) is 6.54 Å². The van der Waals surface area contributed by atoms with E-state index in [1.165, 1.54) is 10.6 Å². The van der Waals surface area contributed by atoms with Crippen molar-refractivity contribution in [3.63, 3.8) is 0 Å². The van der Waals surface area contributed by atoms with E-state index in [9.17, 15) is 5.21 Å². The molecule has 1 atom stereocenters. The number of rotatable bonds is 3. The van der Waals surface area contributed by atoms with E-state index in [-0.39, 0.29) is 17.1 Å². The van der Waals surface area contributed by atoms with Crippen LogP contribution in [-0.4, -0.2) is 28.5 Å². The topological polar surface area (TPSA) is 32.7 Å². The number of hydrogen-bond acceptors (Lipinski definition) is 3. The standard InChI is InChI=1S/C16H25NO2/c1-15(2)14(10-11-17(18)16(15,3)4)19-12-13-8-6-5-7-9-13/h5-9,14,18H,10-12H2,1-4H3. The van der Waals surface area contributed by atoms with Gasteiger partial charge in [-0.15, -0.1) is 0 Å². The lowest BCUT2D eigenvalue weighted by molar-refractivity contribution is -0.254. The monoisotopic (exact) mass is 263 g/mol. The normalized spacial score (nSPS) is 26.3. The van der Waals surface area contributed by atoms with E-state index in [0.29, 0.717) is 13.2 Å². The number of hydroxylamine groups is 2. The molecule has 106 valence electrons. The maximum absolute atomic E-state index is 10.1. The molecular formula is C16H25NO2. The quantitative estimate of drug-likeness (QED) is 0.906. The van der Waals surface area contributed by atoms with Gasteiger partial charge in [-0.25, -0.2) is 0 Å². The summed E-state index contributed by atoms with van der Waals surface area (Å²) >= 11 is 0. The second-order valence-corrected chi connectivity index (χ2v) is 6.48. The Bertz CT molecular complexity index is 414. The van der Waals surface area contributed by atoms with Gasteiger partial charge in [-0.1, -0.05) is 44.2 Å². The molecule has 0 aromatic heterocycles. The minimum Gasteiger partial charge on any atom is -0.373 e. The number of nitrogens with zero attached hydrogens (tertiary/aromatic N) is 1. The molecule has 1 unspecified atom stereocenters. The summed E-state index contributed by atoms with van der Waals surface area (Å²) in [6, 6.07) is 10.2. The molecule has 1 heterocycles. The smallest absolute Gasteiger partial charge is 0.0720 e. The average Bonchev–Trinajstić information content (AvgIpc) is 2.37. The maximum atomic E-state index is 10.1. The van der Waals surface area contributed by atoms with Gasteiger partial charge in [0, 0.05) is 17.5 Å². The fourth-order valence-corrected chi connectivity index (χ4v) is 2.67. The summed E-state index contributed by atoms with van der Waals surface area (Å²) in [6.45, 7) is 9.79. The van der Waals surface area contributed by atoms with Gasteiger partial charge in [0.25, 0.3) is 0 Å². The fourth-order valence-electron chi connectivity index (χ4n) is 2.67. The Labute approximate surface area is 116 Å². The molecule has 3 nitrogen and oxygen atoms in total. The third-order valence-corrected chi connectivity index (χ3v) is 4.92. The van der Waals surface area contributed by atoms with Gasteiger partial charge in [-0.05, 0) is 25.8 Å². The zero-order valence-corrected chi connectivity index (χ0v) is 12.4. The van der Waals surface area contributed by atoms with Crippen LogP contribution in [0.2, 0.25) is 0 Å². The molecule has 1 aromatic rings.